The van der Waals surface area contributed by atoms with Crippen LogP contribution >= 0.6 is 17.1 Å². The van der Waals surface area contributed by atoms with Gasteiger partial charge in [0.15, 0.2) is 0 Å². The summed E-state index contributed by atoms with van der Waals surface area (Å²) in [7, 11) is 0. The lowest BCUT2D eigenvalue weighted by Crippen LogP contribution is -2.04. The molecular weight excluding hydrogens is 271 g/mol. The Hall–Kier alpha value is 0.920. The van der Waals surface area contributed by atoms with Crippen LogP contribution in [0.2, 0.25) is 0 Å². The topological polar surface area (TPSA) is 29.5 Å². The molecule has 0 saturated carbocycles. The molecule has 104 valence electrons. The minimum Gasteiger partial charge on any atom is -0.337 e. The van der Waals surface area contributed by atoms with E-state index in [1.165, 1.54) is 24.2 Å². The molecule has 0 aliphatic carbocycles. The van der Waals surface area contributed by atoms with Crippen LogP contribution in [0.1, 0.15) is 53.4 Å². The molecule has 0 amide bonds. The molecule has 0 saturated heterocycles. The van der Waals surface area contributed by atoms with Gasteiger partial charge in [-0.3, -0.25) is 0 Å². The van der Waals surface area contributed by atoms with Gasteiger partial charge in [-0.1, -0.05) is 58.3 Å². The zero-order valence-electron chi connectivity index (χ0n) is 11.5. The van der Waals surface area contributed by atoms with Crippen LogP contribution in [-0.4, -0.2) is 17.3 Å². The van der Waals surface area contributed by atoms with Crippen LogP contribution < -0.4 is 0 Å². The summed E-state index contributed by atoms with van der Waals surface area (Å²) >= 11 is 6.60. The molecule has 0 radical (unpaired) electrons. The highest BCUT2D eigenvalue weighted by atomic mass is 32.9. The second kappa shape index (κ2) is 9.80. The molecule has 0 aromatic heterocycles. The van der Waals surface area contributed by atoms with Gasteiger partial charge in [-0.15, -0.1) is 0 Å². The molecule has 17 heavy (non-hydrogen) atoms. The van der Waals surface area contributed by atoms with E-state index in [9.17, 15) is 4.89 Å². The van der Waals surface area contributed by atoms with Gasteiger partial charge in [-0.05, 0) is 30.1 Å². The van der Waals surface area contributed by atoms with E-state index in [0.717, 1.165) is 18.6 Å². The fourth-order valence-electron chi connectivity index (χ4n) is 1.63. The molecule has 3 unspecified atom stereocenters. The summed E-state index contributed by atoms with van der Waals surface area (Å²) in [5, 5.41) is 0. The molecule has 3 atom stereocenters. The molecule has 0 fully saturated rings. The molecule has 0 aliphatic heterocycles. The normalized spacial score (nSPS) is 18.6. The molecule has 5 heteroatoms. The zero-order chi connectivity index (χ0) is 13.3. The average Bonchev–Trinajstić information content (AvgIpc) is 2.25. The Labute approximate surface area is 116 Å². The first-order chi connectivity index (χ1) is 7.91. The van der Waals surface area contributed by atoms with Crippen LogP contribution in [0.3, 0.4) is 0 Å². The third-order valence-corrected chi connectivity index (χ3v) is 7.13. The van der Waals surface area contributed by atoms with E-state index in [4.69, 9.17) is 16.3 Å². The average molecular weight is 298 g/mol. The van der Waals surface area contributed by atoms with Gasteiger partial charge >= 0.3 is 0 Å². The number of hydrogen-bond donors (Lipinski definition) is 1. The van der Waals surface area contributed by atoms with E-state index < -0.39 is 5.69 Å². The lowest BCUT2D eigenvalue weighted by Gasteiger charge is -2.19. The monoisotopic (exact) mass is 298 g/mol. The Morgan fingerprint density at radius 2 is 1.71 bits per heavy atom. The van der Waals surface area contributed by atoms with E-state index in [2.05, 4.69) is 27.7 Å². The lowest BCUT2D eigenvalue weighted by atomic mass is 10.1. The molecule has 0 heterocycles. The quantitative estimate of drug-likeness (QED) is 0.585. The second-order valence-corrected chi connectivity index (χ2v) is 11.1. The Bertz CT molecular complexity index is 217. The number of rotatable bonds is 10. The molecule has 0 aromatic carbocycles. The van der Waals surface area contributed by atoms with E-state index >= 15 is 0 Å². The zero-order valence-corrected chi connectivity index (χ0v) is 14.0. The van der Waals surface area contributed by atoms with Crippen LogP contribution in [0.4, 0.5) is 0 Å². The fourth-order valence-corrected chi connectivity index (χ4v) is 5.22. The van der Waals surface area contributed by atoms with Gasteiger partial charge in [-0.25, -0.2) is 0 Å². The van der Waals surface area contributed by atoms with Crippen LogP contribution in [0, 0.1) is 11.8 Å². The van der Waals surface area contributed by atoms with Gasteiger partial charge in [0.1, 0.15) is 0 Å². The van der Waals surface area contributed by atoms with Gasteiger partial charge in [0, 0.05) is 5.75 Å². The van der Waals surface area contributed by atoms with Crippen molar-refractivity contribution in [3.8, 4) is 0 Å². The predicted molar refractivity (Wildman–Crippen MR) is 83.1 cm³/mol. The summed E-state index contributed by atoms with van der Waals surface area (Å²) in [5.41, 5.74) is -2.60. The van der Waals surface area contributed by atoms with Crippen molar-refractivity contribution in [3.63, 3.8) is 0 Å². The van der Waals surface area contributed by atoms with Crippen LogP contribution in [0.5, 0.6) is 0 Å². The van der Waals surface area contributed by atoms with Gasteiger partial charge in [0.2, 0.25) is 5.69 Å². The SMILES string of the molecule is CCCC(C)COP(O)(=S)SCC(C)CCC. The largest absolute Gasteiger partial charge is 0.337 e. The van der Waals surface area contributed by atoms with Gasteiger partial charge in [0.25, 0.3) is 0 Å². The Morgan fingerprint density at radius 3 is 2.24 bits per heavy atom. The minimum atomic E-state index is -2.60. The molecule has 0 rings (SSSR count). The van der Waals surface area contributed by atoms with Crippen molar-refractivity contribution in [1.29, 1.82) is 0 Å². The van der Waals surface area contributed by atoms with Crippen molar-refractivity contribution in [2.45, 2.75) is 53.4 Å². The minimum absolute atomic E-state index is 0.489. The maximum Gasteiger partial charge on any atom is 0.244 e. The van der Waals surface area contributed by atoms with Crippen molar-refractivity contribution < 1.29 is 9.42 Å². The molecule has 0 aromatic rings. The molecular formula is C12H27O2PS2. The first-order valence-electron chi connectivity index (χ1n) is 6.53. The van der Waals surface area contributed by atoms with E-state index in [1.54, 1.807) is 0 Å². The maximum atomic E-state index is 10.0. The van der Waals surface area contributed by atoms with Crippen molar-refractivity contribution in [2.24, 2.45) is 11.8 Å². The number of hydrogen-bond acceptors (Lipinski definition) is 3. The summed E-state index contributed by atoms with van der Waals surface area (Å²) in [4.78, 5) is 10.0. The standard InChI is InChI=1S/C12H27O2PS2/c1-5-7-11(3)9-14-15(13,16)17-10-12(4)8-6-2/h11-12H,5-10H2,1-4H3,(H,13,16). The van der Waals surface area contributed by atoms with Crippen molar-refractivity contribution in [3.05, 3.63) is 0 Å². The van der Waals surface area contributed by atoms with Crippen LogP contribution in [-0.2, 0) is 16.3 Å². The summed E-state index contributed by atoms with van der Waals surface area (Å²) in [6.45, 7) is 9.28. The second-order valence-electron chi connectivity index (χ2n) is 4.85. The highest BCUT2D eigenvalue weighted by Crippen LogP contribution is 2.57. The Morgan fingerprint density at radius 1 is 1.18 bits per heavy atom. The molecule has 1 N–H and O–H groups in total. The van der Waals surface area contributed by atoms with Gasteiger partial charge in [0.05, 0.1) is 6.61 Å². The summed E-state index contributed by atoms with van der Waals surface area (Å²) in [5.74, 6) is 2.00. The lowest BCUT2D eigenvalue weighted by molar-refractivity contribution is 0.256. The Balaban J connectivity index is 3.83. The van der Waals surface area contributed by atoms with Crippen molar-refractivity contribution in [1.82, 2.24) is 0 Å². The van der Waals surface area contributed by atoms with E-state index in [-0.39, 0.29) is 0 Å². The third kappa shape index (κ3) is 10.5. The van der Waals surface area contributed by atoms with Crippen molar-refractivity contribution >= 4 is 28.9 Å². The predicted octanol–water partition coefficient (Wildman–Crippen LogP) is 4.83. The maximum absolute atomic E-state index is 10.0. The molecule has 2 nitrogen and oxygen atoms in total. The first-order valence-corrected chi connectivity index (χ1v) is 10.8. The molecule has 0 aliphatic rings. The van der Waals surface area contributed by atoms with Gasteiger partial charge < -0.3 is 9.42 Å². The van der Waals surface area contributed by atoms with Crippen molar-refractivity contribution in [2.75, 3.05) is 12.4 Å². The van der Waals surface area contributed by atoms with E-state index in [1.807, 2.05) is 0 Å². The fraction of sp³-hybridized carbons (Fsp3) is 1.00. The van der Waals surface area contributed by atoms with E-state index in [0.29, 0.717) is 18.4 Å². The molecule has 0 bridgehead atoms. The molecule has 0 spiro atoms. The van der Waals surface area contributed by atoms with Crippen LogP contribution in [0.25, 0.3) is 0 Å². The third-order valence-electron chi connectivity index (χ3n) is 2.61. The highest BCUT2D eigenvalue weighted by Gasteiger charge is 2.17. The summed E-state index contributed by atoms with van der Waals surface area (Å²) in [6, 6.07) is 0. The highest BCUT2D eigenvalue weighted by molar-refractivity contribution is 8.67. The van der Waals surface area contributed by atoms with Gasteiger partial charge in [-0.2, -0.15) is 0 Å². The Kier molecular flexibility index (Phi) is 10.3. The summed E-state index contributed by atoms with van der Waals surface area (Å²) in [6.07, 6.45) is 4.66. The smallest absolute Gasteiger partial charge is 0.244 e. The van der Waals surface area contributed by atoms with Crippen LogP contribution in [0.15, 0.2) is 0 Å². The first kappa shape index (κ1) is 17.9. The summed E-state index contributed by atoms with van der Waals surface area (Å²) < 4.78 is 5.52.